The summed E-state index contributed by atoms with van der Waals surface area (Å²) >= 11 is 0. The molecule has 3 aromatic rings. The summed E-state index contributed by atoms with van der Waals surface area (Å²) in [5.41, 5.74) is 7.74. The van der Waals surface area contributed by atoms with E-state index >= 15 is 0 Å². The van der Waals surface area contributed by atoms with Gasteiger partial charge in [0.15, 0.2) is 11.2 Å². The Morgan fingerprint density at radius 3 is 2.57 bits per heavy atom. The summed E-state index contributed by atoms with van der Waals surface area (Å²) in [6, 6.07) is 10.1. The average Bonchev–Trinajstić information content (AvgIpc) is 3.50. The normalized spacial score (nSPS) is 19.5. The van der Waals surface area contributed by atoms with Gasteiger partial charge in [-0.25, -0.2) is 4.79 Å². The zero-order chi connectivity index (χ0) is 20.8. The molecule has 0 amide bonds. The van der Waals surface area contributed by atoms with E-state index < -0.39 is 0 Å². The molecule has 1 atom stereocenters. The second-order valence-corrected chi connectivity index (χ2v) is 8.70. The van der Waals surface area contributed by atoms with E-state index in [0.29, 0.717) is 36.7 Å². The molecular weight excluding hydrogens is 380 g/mol. The van der Waals surface area contributed by atoms with Crippen LogP contribution in [0.25, 0.3) is 11.2 Å². The Bertz CT molecular complexity index is 1190. The van der Waals surface area contributed by atoms with Gasteiger partial charge >= 0.3 is 5.69 Å². The molecule has 1 saturated heterocycles. The van der Waals surface area contributed by atoms with E-state index in [1.165, 1.54) is 4.57 Å². The van der Waals surface area contributed by atoms with Crippen molar-refractivity contribution in [2.75, 3.05) is 18.0 Å². The van der Waals surface area contributed by atoms with Crippen molar-refractivity contribution >= 4 is 17.1 Å². The van der Waals surface area contributed by atoms with Crippen molar-refractivity contribution in [2.45, 2.75) is 44.8 Å². The Hall–Kier alpha value is -2.87. The molecule has 1 aromatic carbocycles. The summed E-state index contributed by atoms with van der Waals surface area (Å²) in [7, 11) is 1.56. The van der Waals surface area contributed by atoms with Crippen LogP contribution in [0.5, 0.6) is 0 Å². The molecule has 1 unspecified atom stereocenters. The van der Waals surface area contributed by atoms with Crippen LogP contribution in [0.4, 0.5) is 5.95 Å². The van der Waals surface area contributed by atoms with Gasteiger partial charge in [-0.2, -0.15) is 4.98 Å². The molecule has 158 valence electrons. The summed E-state index contributed by atoms with van der Waals surface area (Å²) in [5, 5.41) is 0. The summed E-state index contributed by atoms with van der Waals surface area (Å²) in [4.78, 5) is 33.2. The number of imidazole rings is 1. The second-order valence-electron chi connectivity index (χ2n) is 8.70. The van der Waals surface area contributed by atoms with E-state index in [4.69, 9.17) is 10.7 Å². The molecule has 1 aliphatic heterocycles. The standard InChI is InChI=1S/C22H28N6O2/c1-25-20(29)18-19(28(22(25)30)13-16-9-10-16)24-21(26-11-5-8-17(23)14-26)27(18)12-15-6-3-2-4-7-15/h2-4,6-7,16-17H,5,8-14,23H2,1H3. The van der Waals surface area contributed by atoms with Crippen LogP contribution >= 0.6 is 0 Å². The molecule has 8 nitrogen and oxygen atoms in total. The summed E-state index contributed by atoms with van der Waals surface area (Å²) in [5.74, 6) is 1.23. The Balaban J connectivity index is 1.74. The Morgan fingerprint density at radius 1 is 1.10 bits per heavy atom. The summed E-state index contributed by atoms with van der Waals surface area (Å²) in [6.07, 6.45) is 4.22. The number of fused-ring (bicyclic) bond motifs is 1. The quantitative estimate of drug-likeness (QED) is 0.687. The number of piperidine rings is 1. The van der Waals surface area contributed by atoms with Gasteiger partial charge in [0.25, 0.3) is 5.56 Å². The maximum absolute atomic E-state index is 13.2. The van der Waals surface area contributed by atoms with Crippen molar-refractivity contribution in [3.8, 4) is 0 Å². The zero-order valence-electron chi connectivity index (χ0n) is 17.3. The van der Waals surface area contributed by atoms with Gasteiger partial charge in [-0.3, -0.25) is 18.5 Å². The molecule has 30 heavy (non-hydrogen) atoms. The highest BCUT2D eigenvalue weighted by atomic mass is 16.2. The number of hydrogen-bond donors (Lipinski definition) is 1. The minimum atomic E-state index is -0.293. The van der Waals surface area contributed by atoms with Gasteiger partial charge in [0, 0.05) is 32.7 Å². The lowest BCUT2D eigenvalue weighted by molar-refractivity contribution is 0.495. The molecule has 8 heteroatoms. The third-order valence-corrected chi connectivity index (χ3v) is 6.27. The highest BCUT2D eigenvalue weighted by Gasteiger charge is 2.29. The maximum atomic E-state index is 13.2. The van der Waals surface area contributed by atoms with Crippen LogP contribution in [-0.2, 0) is 20.1 Å². The van der Waals surface area contributed by atoms with Crippen LogP contribution in [0.1, 0.15) is 31.2 Å². The fraction of sp³-hybridized carbons (Fsp3) is 0.500. The number of benzene rings is 1. The molecule has 0 radical (unpaired) electrons. The topological polar surface area (TPSA) is 91.1 Å². The van der Waals surface area contributed by atoms with Crippen LogP contribution in [0.15, 0.2) is 39.9 Å². The second kappa shape index (κ2) is 7.43. The third-order valence-electron chi connectivity index (χ3n) is 6.27. The first-order valence-electron chi connectivity index (χ1n) is 10.8. The molecule has 5 rings (SSSR count). The van der Waals surface area contributed by atoms with Gasteiger partial charge in [-0.15, -0.1) is 0 Å². The van der Waals surface area contributed by atoms with Crippen LogP contribution in [0.3, 0.4) is 0 Å². The van der Waals surface area contributed by atoms with Crippen molar-refractivity contribution in [3.05, 3.63) is 56.7 Å². The Labute approximate surface area is 174 Å². The predicted octanol–water partition coefficient (Wildman–Crippen LogP) is 1.28. The van der Waals surface area contributed by atoms with Gasteiger partial charge in [0.05, 0.1) is 6.54 Å². The van der Waals surface area contributed by atoms with Gasteiger partial charge in [-0.05, 0) is 37.2 Å². The van der Waals surface area contributed by atoms with Crippen molar-refractivity contribution < 1.29 is 0 Å². The molecule has 2 aromatic heterocycles. The van der Waals surface area contributed by atoms with Crippen molar-refractivity contribution in [1.29, 1.82) is 0 Å². The van der Waals surface area contributed by atoms with E-state index in [-0.39, 0.29) is 17.3 Å². The van der Waals surface area contributed by atoms with Crippen LogP contribution in [0, 0.1) is 5.92 Å². The highest BCUT2D eigenvalue weighted by molar-refractivity contribution is 5.75. The van der Waals surface area contributed by atoms with Crippen molar-refractivity contribution in [2.24, 2.45) is 18.7 Å². The largest absolute Gasteiger partial charge is 0.341 e. The van der Waals surface area contributed by atoms with E-state index in [1.807, 2.05) is 34.9 Å². The molecule has 2 fully saturated rings. The van der Waals surface area contributed by atoms with E-state index in [1.54, 1.807) is 11.6 Å². The maximum Gasteiger partial charge on any atom is 0.332 e. The van der Waals surface area contributed by atoms with Gasteiger partial charge in [0.1, 0.15) is 0 Å². The molecule has 3 heterocycles. The fourth-order valence-electron chi connectivity index (χ4n) is 4.42. The van der Waals surface area contributed by atoms with Crippen LogP contribution in [-0.4, -0.2) is 37.8 Å². The lowest BCUT2D eigenvalue weighted by atomic mass is 10.1. The number of nitrogens with two attached hydrogens (primary N) is 1. The molecule has 0 spiro atoms. The van der Waals surface area contributed by atoms with Crippen molar-refractivity contribution in [3.63, 3.8) is 0 Å². The third kappa shape index (κ3) is 3.35. The lowest BCUT2D eigenvalue weighted by Crippen LogP contribution is -2.44. The zero-order valence-corrected chi connectivity index (χ0v) is 17.3. The molecule has 2 N–H and O–H groups in total. The fourth-order valence-corrected chi connectivity index (χ4v) is 4.42. The van der Waals surface area contributed by atoms with E-state index in [0.717, 1.165) is 43.7 Å². The predicted molar refractivity (Wildman–Crippen MR) is 117 cm³/mol. The average molecular weight is 409 g/mol. The van der Waals surface area contributed by atoms with E-state index in [2.05, 4.69) is 4.90 Å². The number of rotatable bonds is 5. The summed E-state index contributed by atoms with van der Waals surface area (Å²) < 4.78 is 4.90. The molecular formula is C22H28N6O2. The molecule has 1 aliphatic carbocycles. The number of hydrogen-bond acceptors (Lipinski definition) is 5. The molecule has 0 bridgehead atoms. The lowest BCUT2D eigenvalue weighted by Gasteiger charge is -2.31. The number of aromatic nitrogens is 4. The SMILES string of the molecule is Cn1c(=O)c2c(nc(N3CCCC(N)C3)n2Cc2ccccc2)n(CC2CC2)c1=O. The highest BCUT2D eigenvalue weighted by Crippen LogP contribution is 2.31. The molecule has 1 saturated carbocycles. The number of nitrogens with zero attached hydrogens (tertiary/aromatic N) is 5. The Kier molecular flexibility index (Phi) is 4.73. The van der Waals surface area contributed by atoms with Crippen LogP contribution < -0.4 is 21.9 Å². The first-order valence-corrected chi connectivity index (χ1v) is 10.8. The number of anilines is 1. The van der Waals surface area contributed by atoms with Crippen molar-refractivity contribution in [1.82, 2.24) is 18.7 Å². The first kappa shape index (κ1) is 19.1. The first-order chi connectivity index (χ1) is 14.5. The summed E-state index contributed by atoms with van der Waals surface area (Å²) in [6.45, 7) is 2.68. The monoisotopic (exact) mass is 408 g/mol. The van der Waals surface area contributed by atoms with E-state index in [9.17, 15) is 9.59 Å². The van der Waals surface area contributed by atoms with Crippen LogP contribution in [0.2, 0.25) is 0 Å². The van der Waals surface area contributed by atoms with Gasteiger partial charge < -0.3 is 10.6 Å². The smallest absolute Gasteiger partial charge is 0.332 e. The minimum Gasteiger partial charge on any atom is -0.341 e. The molecule has 2 aliphatic rings. The Morgan fingerprint density at radius 2 is 1.87 bits per heavy atom. The van der Waals surface area contributed by atoms with Gasteiger partial charge in [0.2, 0.25) is 5.95 Å². The minimum absolute atomic E-state index is 0.0835. The van der Waals surface area contributed by atoms with Gasteiger partial charge in [-0.1, -0.05) is 30.3 Å².